The molecule has 1 aliphatic heterocycles. The van der Waals surface area contributed by atoms with Gasteiger partial charge in [0.05, 0.1) is 6.54 Å². The molecule has 2 atom stereocenters. The molecular formula is C18H22N4O. The Morgan fingerprint density at radius 2 is 2.30 bits per heavy atom. The van der Waals surface area contributed by atoms with Crippen molar-refractivity contribution in [1.82, 2.24) is 14.8 Å². The van der Waals surface area contributed by atoms with Gasteiger partial charge >= 0.3 is 0 Å². The van der Waals surface area contributed by atoms with Crippen molar-refractivity contribution in [2.24, 2.45) is 5.92 Å². The van der Waals surface area contributed by atoms with E-state index in [0.717, 1.165) is 25.4 Å². The van der Waals surface area contributed by atoms with Crippen molar-refractivity contribution < 1.29 is 4.42 Å². The van der Waals surface area contributed by atoms with Gasteiger partial charge in [0, 0.05) is 25.0 Å². The normalized spacial score (nSPS) is 21.7. The molecule has 5 heteroatoms. The van der Waals surface area contributed by atoms with E-state index in [-0.39, 0.29) is 0 Å². The predicted molar refractivity (Wildman–Crippen MR) is 87.5 cm³/mol. The lowest BCUT2D eigenvalue weighted by molar-refractivity contribution is 0.205. The van der Waals surface area contributed by atoms with E-state index in [1.807, 2.05) is 30.6 Å². The van der Waals surface area contributed by atoms with E-state index in [4.69, 9.17) is 9.68 Å². The first-order valence-electron chi connectivity index (χ1n) is 7.95. The molecule has 1 aliphatic rings. The smallest absolute Gasteiger partial charge is 0.203 e. The summed E-state index contributed by atoms with van der Waals surface area (Å²) in [7, 11) is 4.29. The molecule has 0 radical (unpaired) electrons. The fourth-order valence-electron chi connectivity index (χ4n) is 3.55. The van der Waals surface area contributed by atoms with Gasteiger partial charge in [0.1, 0.15) is 11.8 Å². The topological polar surface area (TPSA) is 56.3 Å². The first-order chi connectivity index (χ1) is 11.2. The van der Waals surface area contributed by atoms with Crippen LogP contribution in [0.5, 0.6) is 0 Å². The van der Waals surface area contributed by atoms with Gasteiger partial charge in [-0.15, -0.1) is 0 Å². The van der Waals surface area contributed by atoms with Crippen molar-refractivity contribution in [3.8, 4) is 6.07 Å². The molecule has 0 unspecified atom stereocenters. The molecule has 0 spiro atoms. The fourth-order valence-corrected chi connectivity index (χ4v) is 3.55. The summed E-state index contributed by atoms with van der Waals surface area (Å²) >= 11 is 0. The van der Waals surface area contributed by atoms with Gasteiger partial charge in [-0.3, -0.25) is 14.8 Å². The molecule has 3 rings (SSSR count). The number of nitriles is 1. The van der Waals surface area contributed by atoms with Gasteiger partial charge in [-0.05, 0) is 56.7 Å². The number of nitrogens with zero attached hydrogens (tertiary/aromatic N) is 4. The number of aromatic nitrogens is 1. The zero-order chi connectivity index (χ0) is 16.2. The zero-order valence-electron chi connectivity index (χ0n) is 13.6. The largest absolute Gasteiger partial charge is 0.449 e. The summed E-state index contributed by atoms with van der Waals surface area (Å²) in [5, 5.41) is 8.84. The Labute approximate surface area is 137 Å². The van der Waals surface area contributed by atoms with Crippen LogP contribution in [0.2, 0.25) is 0 Å². The van der Waals surface area contributed by atoms with E-state index in [1.165, 1.54) is 12.0 Å². The highest BCUT2D eigenvalue weighted by Gasteiger charge is 2.33. The van der Waals surface area contributed by atoms with E-state index in [9.17, 15) is 0 Å². The van der Waals surface area contributed by atoms with Gasteiger partial charge < -0.3 is 4.42 Å². The Morgan fingerprint density at radius 3 is 3.00 bits per heavy atom. The molecule has 2 aromatic rings. The van der Waals surface area contributed by atoms with Crippen LogP contribution in [0.15, 0.2) is 41.1 Å². The van der Waals surface area contributed by atoms with Crippen molar-refractivity contribution in [3.63, 3.8) is 0 Å². The number of furan rings is 1. The third kappa shape index (κ3) is 3.61. The Morgan fingerprint density at radius 1 is 1.43 bits per heavy atom. The molecule has 120 valence electrons. The van der Waals surface area contributed by atoms with Crippen LogP contribution in [0.3, 0.4) is 0 Å². The number of rotatable bonds is 5. The maximum Gasteiger partial charge on any atom is 0.203 e. The van der Waals surface area contributed by atoms with E-state index >= 15 is 0 Å². The lowest BCUT2D eigenvalue weighted by Crippen LogP contribution is -2.29. The number of hydrogen-bond acceptors (Lipinski definition) is 5. The molecule has 0 bridgehead atoms. The SMILES string of the molecule is CN(Cc1ccc(C#N)o1)C[C@@H]1CCN(C)[C@H]1c1cccnc1. The van der Waals surface area contributed by atoms with Gasteiger partial charge in [-0.2, -0.15) is 5.26 Å². The summed E-state index contributed by atoms with van der Waals surface area (Å²) in [6, 6.07) is 10.2. The quantitative estimate of drug-likeness (QED) is 0.850. The van der Waals surface area contributed by atoms with E-state index in [1.54, 1.807) is 6.07 Å². The van der Waals surface area contributed by atoms with Crippen molar-refractivity contribution in [2.45, 2.75) is 19.0 Å². The van der Waals surface area contributed by atoms with Crippen LogP contribution in [-0.2, 0) is 6.54 Å². The lowest BCUT2D eigenvalue weighted by atomic mass is 9.94. The minimum atomic E-state index is 0.377. The van der Waals surface area contributed by atoms with Crippen LogP contribution < -0.4 is 0 Å². The molecule has 0 N–H and O–H groups in total. The average Bonchev–Trinajstić information content (AvgIpc) is 3.15. The van der Waals surface area contributed by atoms with Crippen molar-refractivity contribution in [2.75, 3.05) is 27.2 Å². The van der Waals surface area contributed by atoms with Crippen molar-refractivity contribution in [1.29, 1.82) is 5.26 Å². The third-order valence-corrected chi connectivity index (χ3v) is 4.54. The molecule has 1 fully saturated rings. The highest BCUT2D eigenvalue weighted by atomic mass is 16.3. The van der Waals surface area contributed by atoms with Gasteiger partial charge in [0.15, 0.2) is 0 Å². The molecule has 0 aromatic carbocycles. The van der Waals surface area contributed by atoms with Crippen LogP contribution in [0, 0.1) is 17.2 Å². The minimum Gasteiger partial charge on any atom is -0.449 e. The van der Waals surface area contributed by atoms with E-state index < -0.39 is 0 Å². The molecule has 23 heavy (non-hydrogen) atoms. The maximum atomic E-state index is 8.84. The Kier molecular flexibility index (Phi) is 4.75. The summed E-state index contributed by atoms with van der Waals surface area (Å²) in [6.45, 7) is 2.82. The molecule has 2 aromatic heterocycles. The molecule has 0 amide bonds. The lowest BCUT2D eigenvalue weighted by Gasteiger charge is -2.28. The van der Waals surface area contributed by atoms with Gasteiger partial charge in [0.25, 0.3) is 0 Å². The Balaban J connectivity index is 1.65. The van der Waals surface area contributed by atoms with Gasteiger partial charge in [-0.25, -0.2) is 0 Å². The monoisotopic (exact) mass is 310 g/mol. The van der Waals surface area contributed by atoms with E-state index in [2.05, 4.69) is 34.9 Å². The molecule has 5 nitrogen and oxygen atoms in total. The van der Waals surface area contributed by atoms with Crippen molar-refractivity contribution >= 4 is 0 Å². The third-order valence-electron chi connectivity index (χ3n) is 4.54. The highest BCUT2D eigenvalue weighted by Crippen LogP contribution is 2.36. The number of hydrogen-bond donors (Lipinski definition) is 0. The molecule has 0 aliphatic carbocycles. The maximum absolute atomic E-state index is 8.84. The first kappa shape index (κ1) is 15.7. The number of pyridine rings is 1. The van der Waals surface area contributed by atoms with Crippen LogP contribution >= 0.6 is 0 Å². The molecule has 1 saturated heterocycles. The summed E-state index contributed by atoms with van der Waals surface area (Å²) in [5.74, 6) is 1.79. The Hall–Kier alpha value is -2.16. The highest BCUT2D eigenvalue weighted by molar-refractivity contribution is 5.19. The second kappa shape index (κ2) is 6.95. The van der Waals surface area contributed by atoms with Gasteiger partial charge in [-0.1, -0.05) is 6.07 Å². The molecule has 3 heterocycles. The summed E-state index contributed by atoms with van der Waals surface area (Å²) < 4.78 is 5.48. The standard InChI is InChI=1S/C18H22N4O/c1-21(13-17-6-5-16(10-19)23-17)12-15-7-9-22(2)18(15)14-4-3-8-20-11-14/h3-6,8,11,15,18H,7,9,12-13H2,1-2H3/t15-,18-/m0/s1. The zero-order valence-corrected chi connectivity index (χ0v) is 13.6. The predicted octanol–water partition coefficient (Wildman–Crippen LogP) is 2.67. The van der Waals surface area contributed by atoms with Gasteiger partial charge in [0.2, 0.25) is 5.76 Å². The molecule has 0 saturated carbocycles. The van der Waals surface area contributed by atoms with Crippen LogP contribution in [0.25, 0.3) is 0 Å². The summed E-state index contributed by atoms with van der Waals surface area (Å²) in [6.07, 6.45) is 4.98. The second-order valence-electron chi connectivity index (χ2n) is 6.34. The van der Waals surface area contributed by atoms with Crippen LogP contribution in [-0.4, -0.2) is 42.0 Å². The van der Waals surface area contributed by atoms with Crippen molar-refractivity contribution in [3.05, 3.63) is 53.7 Å². The van der Waals surface area contributed by atoms with Crippen LogP contribution in [0.4, 0.5) is 0 Å². The minimum absolute atomic E-state index is 0.377. The second-order valence-corrected chi connectivity index (χ2v) is 6.34. The Bertz CT molecular complexity index is 676. The molecular weight excluding hydrogens is 288 g/mol. The average molecular weight is 310 g/mol. The fraction of sp³-hybridized carbons (Fsp3) is 0.444. The summed E-state index contributed by atoms with van der Waals surface area (Å²) in [4.78, 5) is 8.96. The number of likely N-dealkylation sites (tertiary alicyclic amines) is 1. The summed E-state index contributed by atoms with van der Waals surface area (Å²) in [5.41, 5.74) is 1.29. The first-order valence-corrected chi connectivity index (χ1v) is 7.95. The van der Waals surface area contributed by atoms with E-state index in [0.29, 0.717) is 17.7 Å². The van der Waals surface area contributed by atoms with Crippen LogP contribution in [0.1, 0.15) is 29.5 Å².